The van der Waals surface area contributed by atoms with Crippen molar-refractivity contribution in [1.29, 1.82) is 0 Å². The number of benzene rings is 1. The fraction of sp³-hybridized carbons (Fsp3) is 0.650. The highest BCUT2D eigenvalue weighted by Crippen LogP contribution is 2.43. The summed E-state index contributed by atoms with van der Waals surface area (Å²) >= 11 is 0. The van der Waals surface area contributed by atoms with Crippen LogP contribution in [0.15, 0.2) is 17.1 Å². The van der Waals surface area contributed by atoms with E-state index in [9.17, 15) is 0 Å². The van der Waals surface area contributed by atoms with Crippen LogP contribution in [0.2, 0.25) is 0 Å². The molecule has 0 aromatic heterocycles. The van der Waals surface area contributed by atoms with Crippen molar-refractivity contribution in [3.63, 3.8) is 0 Å². The Labute approximate surface area is 170 Å². The molecule has 4 nitrogen and oxygen atoms in total. The Kier molecular flexibility index (Phi) is 9.21. The number of ether oxygens (including phenoxy) is 1. The Bertz CT molecular complexity index is 559. The van der Waals surface area contributed by atoms with Gasteiger partial charge in [0.15, 0.2) is 5.96 Å². The fourth-order valence-electron chi connectivity index (χ4n) is 3.66. The van der Waals surface area contributed by atoms with Crippen molar-refractivity contribution in [2.24, 2.45) is 10.4 Å². The summed E-state index contributed by atoms with van der Waals surface area (Å²) in [4.78, 5) is 4.38. The third kappa shape index (κ3) is 6.13. The van der Waals surface area contributed by atoms with Crippen LogP contribution in [0.4, 0.5) is 0 Å². The number of nitrogens with zero attached hydrogens (tertiary/aromatic N) is 1. The first-order chi connectivity index (χ1) is 11.5. The minimum Gasteiger partial charge on any atom is -0.385 e. The minimum atomic E-state index is 0. The van der Waals surface area contributed by atoms with Crippen LogP contribution < -0.4 is 10.6 Å². The van der Waals surface area contributed by atoms with Gasteiger partial charge in [-0.05, 0) is 62.1 Å². The molecule has 0 atom stereocenters. The maximum absolute atomic E-state index is 5.27. The summed E-state index contributed by atoms with van der Waals surface area (Å²) in [7, 11) is 3.62. The van der Waals surface area contributed by atoms with Crippen molar-refractivity contribution in [2.75, 3.05) is 27.3 Å². The number of guanidine groups is 1. The summed E-state index contributed by atoms with van der Waals surface area (Å²) in [6.07, 6.45) is 5.04. The molecule has 0 saturated heterocycles. The van der Waals surface area contributed by atoms with Crippen LogP contribution in [-0.4, -0.2) is 33.3 Å². The first-order valence-corrected chi connectivity index (χ1v) is 9.00. The van der Waals surface area contributed by atoms with Crippen molar-refractivity contribution < 1.29 is 4.74 Å². The monoisotopic (exact) mass is 459 g/mol. The van der Waals surface area contributed by atoms with Gasteiger partial charge in [-0.2, -0.15) is 0 Å². The molecule has 142 valence electrons. The van der Waals surface area contributed by atoms with E-state index in [4.69, 9.17) is 4.74 Å². The molecule has 1 aromatic carbocycles. The summed E-state index contributed by atoms with van der Waals surface area (Å²) < 4.78 is 5.27. The van der Waals surface area contributed by atoms with Crippen LogP contribution in [0.25, 0.3) is 0 Å². The summed E-state index contributed by atoms with van der Waals surface area (Å²) in [5.74, 6) is 0.887. The van der Waals surface area contributed by atoms with Crippen LogP contribution >= 0.6 is 24.0 Å². The largest absolute Gasteiger partial charge is 0.385 e. The SMILES string of the molecule is CN=C(NCc1c(C)cc(C)cc1C)NCC1(CCOC)CCC1.I. The summed E-state index contributed by atoms with van der Waals surface area (Å²) in [5.41, 5.74) is 5.75. The molecule has 1 aliphatic rings. The standard InChI is InChI=1S/C20H33N3O.HI/c1-15-11-16(2)18(17(3)12-15)13-22-19(21-4)23-14-20(7-6-8-20)9-10-24-5;/h11-12H,6-10,13-14H2,1-5H3,(H2,21,22,23);1H. The van der Waals surface area contributed by atoms with Crippen LogP contribution in [0.5, 0.6) is 0 Å². The van der Waals surface area contributed by atoms with Crippen molar-refractivity contribution >= 4 is 29.9 Å². The number of aliphatic imine (C=N–C) groups is 1. The van der Waals surface area contributed by atoms with E-state index >= 15 is 0 Å². The van der Waals surface area contributed by atoms with E-state index in [1.54, 1.807) is 7.11 Å². The van der Waals surface area contributed by atoms with Crippen LogP contribution in [0, 0.1) is 26.2 Å². The average molecular weight is 459 g/mol. The number of aryl methyl sites for hydroxylation is 3. The summed E-state index contributed by atoms with van der Waals surface area (Å²) in [5, 5.41) is 7.00. The minimum absolute atomic E-state index is 0. The Morgan fingerprint density at radius 1 is 1.16 bits per heavy atom. The van der Waals surface area contributed by atoms with Gasteiger partial charge in [0.2, 0.25) is 0 Å². The van der Waals surface area contributed by atoms with E-state index in [0.717, 1.165) is 32.1 Å². The molecular weight excluding hydrogens is 425 g/mol. The van der Waals surface area contributed by atoms with Gasteiger partial charge in [0, 0.05) is 33.9 Å². The lowest BCUT2D eigenvalue weighted by Crippen LogP contribution is -2.46. The van der Waals surface area contributed by atoms with Crippen molar-refractivity contribution in [3.05, 3.63) is 34.4 Å². The molecule has 1 fully saturated rings. The van der Waals surface area contributed by atoms with Gasteiger partial charge in [0.25, 0.3) is 0 Å². The molecule has 2 N–H and O–H groups in total. The highest BCUT2D eigenvalue weighted by atomic mass is 127. The maximum Gasteiger partial charge on any atom is 0.191 e. The van der Waals surface area contributed by atoms with E-state index in [-0.39, 0.29) is 24.0 Å². The average Bonchev–Trinajstić information content (AvgIpc) is 2.50. The van der Waals surface area contributed by atoms with Gasteiger partial charge in [-0.3, -0.25) is 4.99 Å². The summed E-state index contributed by atoms with van der Waals surface area (Å²) in [6.45, 7) is 9.14. The fourth-order valence-corrected chi connectivity index (χ4v) is 3.66. The van der Waals surface area contributed by atoms with Crippen molar-refractivity contribution in [1.82, 2.24) is 10.6 Å². The van der Waals surface area contributed by atoms with Crippen molar-refractivity contribution in [2.45, 2.75) is 53.0 Å². The molecule has 1 saturated carbocycles. The molecule has 0 amide bonds. The third-order valence-corrected chi connectivity index (χ3v) is 5.38. The van der Waals surface area contributed by atoms with E-state index < -0.39 is 0 Å². The predicted molar refractivity (Wildman–Crippen MR) is 117 cm³/mol. The molecule has 0 bridgehead atoms. The van der Waals surface area contributed by atoms with Gasteiger partial charge in [-0.15, -0.1) is 24.0 Å². The molecule has 0 radical (unpaired) electrons. The van der Waals surface area contributed by atoms with Crippen LogP contribution in [0.1, 0.15) is 47.9 Å². The van der Waals surface area contributed by atoms with Gasteiger partial charge < -0.3 is 15.4 Å². The Morgan fingerprint density at radius 2 is 1.80 bits per heavy atom. The lowest BCUT2D eigenvalue weighted by atomic mass is 9.67. The second-order valence-electron chi connectivity index (χ2n) is 7.25. The number of methoxy groups -OCH3 is 1. The van der Waals surface area contributed by atoms with E-state index in [1.165, 1.54) is 41.5 Å². The maximum atomic E-state index is 5.27. The molecule has 0 unspecified atom stereocenters. The van der Waals surface area contributed by atoms with Gasteiger partial charge in [-0.1, -0.05) is 24.1 Å². The first-order valence-electron chi connectivity index (χ1n) is 9.00. The zero-order chi connectivity index (χ0) is 17.6. The van der Waals surface area contributed by atoms with Gasteiger partial charge in [0.05, 0.1) is 0 Å². The molecule has 2 rings (SSSR count). The normalized spacial score (nSPS) is 16.0. The molecule has 5 heteroatoms. The molecule has 25 heavy (non-hydrogen) atoms. The van der Waals surface area contributed by atoms with Gasteiger partial charge in [0.1, 0.15) is 0 Å². The van der Waals surface area contributed by atoms with E-state index in [0.29, 0.717) is 5.41 Å². The molecule has 0 aliphatic heterocycles. The smallest absolute Gasteiger partial charge is 0.191 e. The molecule has 0 heterocycles. The highest BCUT2D eigenvalue weighted by Gasteiger charge is 2.36. The second-order valence-corrected chi connectivity index (χ2v) is 7.25. The van der Waals surface area contributed by atoms with E-state index in [1.807, 2.05) is 7.05 Å². The lowest BCUT2D eigenvalue weighted by Gasteiger charge is -2.42. The Hall–Kier alpha value is -0.820. The zero-order valence-electron chi connectivity index (χ0n) is 16.4. The van der Waals surface area contributed by atoms with Crippen LogP contribution in [0.3, 0.4) is 0 Å². The van der Waals surface area contributed by atoms with Gasteiger partial charge in [-0.25, -0.2) is 0 Å². The Morgan fingerprint density at radius 3 is 2.28 bits per heavy atom. The second kappa shape index (κ2) is 10.4. The molecule has 1 aliphatic carbocycles. The number of halogens is 1. The quantitative estimate of drug-likeness (QED) is 0.367. The zero-order valence-corrected chi connectivity index (χ0v) is 18.7. The number of rotatable bonds is 7. The number of nitrogens with one attached hydrogen (secondary N) is 2. The third-order valence-electron chi connectivity index (χ3n) is 5.38. The molecule has 0 spiro atoms. The first kappa shape index (κ1) is 22.2. The topological polar surface area (TPSA) is 45.7 Å². The lowest BCUT2D eigenvalue weighted by molar-refractivity contribution is 0.0732. The van der Waals surface area contributed by atoms with E-state index in [2.05, 4.69) is 48.5 Å². The summed E-state index contributed by atoms with van der Waals surface area (Å²) in [6, 6.07) is 4.49. The van der Waals surface area contributed by atoms with Crippen LogP contribution in [-0.2, 0) is 11.3 Å². The van der Waals surface area contributed by atoms with Crippen molar-refractivity contribution in [3.8, 4) is 0 Å². The number of hydrogen-bond donors (Lipinski definition) is 2. The molecule has 1 aromatic rings. The van der Waals surface area contributed by atoms with Gasteiger partial charge >= 0.3 is 0 Å². The number of hydrogen-bond acceptors (Lipinski definition) is 2. The Balaban J connectivity index is 0.00000312. The predicted octanol–water partition coefficient (Wildman–Crippen LogP) is 4.10. The highest BCUT2D eigenvalue weighted by molar-refractivity contribution is 14.0. The molecular formula is C20H34IN3O.